The van der Waals surface area contributed by atoms with Gasteiger partial charge in [-0.2, -0.15) is 0 Å². The van der Waals surface area contributed by atoms with Crippen LogP contribution >= 0.6 is 39.3 Å². The Morgan fingerprint density at radius 3 is 2.90 bits per heavy atom. The first-order chi connectivity index (χ1) is 4.74. The van der Waals surface area contributed by atoms with Crippen molar-refractivity contribution in [3.63, 3.8) is 0 Å². The molecule has 0 atom stereocenters. The molecule has 0 aromatic carbocycles. The van der Waals surface area contributed by atoms with Crippen LogP contribution in [0.5, 0.6) is 0 Å². The average Bonchev–Trinajstić information content (AvgIpc) is 1.95. The van der Waals surface area contributed by atoms with E-state index in [1.54, 1.807) is 18.0 Å². The predicted molar refractivity (Wildman–Crippen MR) is 48.7 cm³/mol. The van der Waals surface area contributed by atoms with Crippen LogP contribution < -0.4 is 0 Å². The van der Waals surface area contributed by atoms with Gasteiger partial charge in [0.2, 0.25) is 0 Å². The SMILES string of the molecule is CSc1cc(Br)c(Cl)cn1. The molecule has 1 rings (SSSR count). The molecule has 0 radical (unpaired) electrons. The van der Waals surface area contributed by atoms with Gasteiger partial charge in [-0.25, -0.2) is 4.98 Å². The van der Waals surface area contributed by atoms with Crippen LogP contribution in [0.3, 0.4) is 0 Å². The zero-order chi connectivity index (χ0) is 7.56. The van der Waals surface area contributed by atoms with E-state index in [0.717, 1.165) is 9.50 Å². The number of halogens is 2. The predicted octanol–water partition coefficient (Wildman–Crippen LogP) is 3.22. The van der Waals surface area contributed by atoms with Crippen LogP contribution in [0.4, 0.5) is 0 Å². The van der Waals surface area contributed by atoms with Crippen molar-refractivity contribution in [1.29, 1.82) is 0 Å². The number of nitrogens with zero attached hydrogens (tertiary/aromatic N) is 1. The van der Waals surface area contributed by atoms with E-state index in [1.165, 1.54) is 0 Å². The van der Waals surface area contributed by atoms with E-state index in [0.29, 0.717) is 5.02 Å². The van der Waals surface area contributed by atoms with Crippen molar-refractivity contribution >= 4 is 39.3 Å². The summed E-state index contributed by atoms with van der Waals surface area (Å²) >= 11 is 10.6. The highest BCUT2D eigenvalue weighted by molar-refractivity contribution is 9.10. The van der Waals surface area contributed by atoms with Gasteiger partial charge in [-0.05, 0) is 28.3 Å². The molecule has 0 amide bonds. The monoisotopic (exact) mass is 237 g/mol. The summed E-state index contributed by atoms with van der Waals surface area (Å²) in [5.74, 6) is 0. The molecule has 0 saturated carbocycles. The molecule has 1 aromatic heterocycles. The lowest BCUT2D eigenvalue weighted by atomic mass is 10.5. The molecule has 0 bridgehead atoms. The first-order valence-corrected chi connectivity index (χ1v) is 4.98. The maximum absolute atomic E-state index is 5.72. The molecular weight excluding hydrogens is 233 g/mol. The first-order valence-electron chi connectivity index (χ1n) is 2.59. The van der Waals surface area contributed by atoms with E-state index in [4.69, 9.17) is 11.6 Å². The van der Waals surface area contributed by atoms with Crippen molar-refractivity contribution in [2.75, 3.05) is 6.26 Å². The minimum absolute atomic E-state index is 0.651. The summed E-state index contributed by atoms with van der Waals surface area (Å²) in [5, 5.41) is 1.62. The van der Waals surface area contributed by atoms with E-state index >= 15 is 0 Å². The maximum atomic E-state index is 5.72. The highest BCUT2D eigenvalue weighted by atomic mass is 79.9. The average molecular weight is 239 g/mol. The molecule has 0 spiro atoms. The van der Waals surface area contributed by atoms with E-state index in [2.05, 4.69) is 20.9 Å². The van der Waals surface area contributed by atoms with Gasteiger partial charge in [0.1, 0.15) is 0 Å². The largest absolute Gasteiger partial charge is 0.248 e. The fourth-order valence-corrected chi connectivity index (χ4v) is 1.48. The Kier molecular flexibility index (Phi) is 3.01. The van der Waals surface area contributed by atoms with Gasteiger partial charge in [0.25, 0.3) is 0 Å². The van der Waals surface area contributed by atoms with Gasteiger partial charge in [0.15, 0.2) is 0 Å². The summed E-state index contributed by atoms with van der Waals surface area (Å²) in [6.45, 7) is 0. The van der Waals surface area contributed by atoms with Crippen LogP contribution in [0.2, 0.25) is 5.02 Å². The standard InChI is InChI=1S/C6H5BrClNS/c1-10-6-2-4(7)5(8)3-9-6/h2-3H,1H3. The minimum atomic E-state index is 0.651. The van der Waals surface area contributed by atoms with Crippen molar-refractivity contribution in [2.24, 2.45) is 0 Å². The van der Waals surface area contributed by atoms with E-state index in [9.17, 15) is 0 Å². The molecule has 0 saturated heterocycles. The molecule has 4 heteroatoms. The number of aromatic nitrogens is 1. The zero-order valence-corrected chi connectivity index (χ0v) is 8.42. The fourth-order valence-electron chi connectivity index (χ4n) is 0.508. The van der Waals surface area contributed by atoms with Crippen LogP contribution in [0.1, 0.15) is 0 Å². The van der Waals surface area contributed by atoms with Crippen LogP contribution in [-0.2, 0) is 0 Å². The van der Waals surface area contributed by atoms with Crippen LogP contribution in [0.25, 0.3) is 0 Å². The first kappa shape index (κ1) is 8.37. The number of thioether (sulfide) groups is 1. The van der Waals surface area contributed by atoms with Gasteiger partial charge in [0, 0.05) is 10.7 Å². The number of hydrogen-bond acceptors (Lipinski definition) is 2. The molecular formula is C6H5BrClNS. The van der Waals surface area contributed by atoms with Crippen molar-refractivity contribution < 1.29 is 0 Å². The highest BCUT2D eigenvalue weighted by Crippen LogP contribution is 2.24. The van der Waals surface area contributed by atoms with Crippen molar-refractivity contribution in [2.45, 2.75) is 5.03 Å². The van der Waals surface area contributed by atoms with Gasteiger partial charge in [0.05, 0.1) is 10.0 Å². The molecule has 0 unspecified atom stereocenters. The lowest BCUT2D eigenvalue weighted by Gasteiger charge is -1.96. The Labute approximate surface area is 77.3 Å². The molecule has 1 aromatic rings. The number of hydrogen-bond donors (Lipinski definition) is 0. The van der Waals surface area contributed by atoms with Crippen LogP contribution in [-0.4, -0.2) is 11.2 Å². The fraction of sp³-hybridized carbons (Fsp3) is 0.167. The normalized spacial score (nSPS) is 9.90. The van der Waals surface area contributed by atoms with Crippen molar-refractivity contribution in [3.8, 4) is 0 Å². The molecule has 0 N–H and O–H groups in total. The van der Waals surface area contributed by atoms with Gasteiger partial charge >= 0.3 is 0 Å². The second-order valence-electron chi connectivity index (χ2n) is 1.64. The summed E-state index contributed by atoms with van der Waals surface area (Å²) in [5.41, 5.74) is 0. The van der Waals surface area contributed by atoms with Crippen molar-refractivity contribution in [1.82, 2.24) is 4.98 Å². The van der Waals surface area contributed by atoms with Gasteiger partial charge in [-0.1, -0.05) is 11.6 Å². The topological polar surface area (TPSA) is 12.9 Å². The molecule has 0 aliphatic rings. The third-order valence-corrected chi connectivity index (χ3v) is 2.82. The smallest absolute Gasteiger partial charge is 0.0969 e. The summed E-state index contributed by atoms with van der Waals surface area (Å²) < 4.78 is 0.897. The molecule has 1 heterocycles. The highest BCUT2D eigenvalue weighted by Gasteiger charge is 1.97. The van der Waals surface area contributed by atoms with E-state index in [1.807, 2.05) is 12.3 Å². The molecule has 10 heavy (non-hydrogen) atoms. The second kappa shape index (κ2) is 3.60. The van der Waals surface area contributed by atoms with Crippen LogP contribution in [0, 0.1) is 0 Å². The van der Waals surface area contributed by atoms with Gasteiger partial charge < -0.3 is 0 Å². The summed E-state index contributed by atoms with van der Waals surface area (Å²) in [7, 11) is 0. The summed E-state index contributed by atoms with van der Waals surface area (Å²) in [6, 6.07) is 1.90. The second-order valence-corrected chi connectivity index (χ2v) is 3.73. The molecule has 0 fully saturated rings. The Balaban J connectivity index is 3.04. The maximum Gasteiger partial charge on any atom is 0.0969 e. The quantitative estimate of drug-likeness (QED) is 0.697. The summed E-state index contributed by atoms with van der Waals surface area (Å²) in [6.07, 6.45) is 3.61. The third kappa shape index (κ3) is 1.87. The minimum Gasteiger partial charge on any atom is -0.248 e. The lowest BCUT2D eigenvalue weighted by molar-refractivity contribution is 1.13. The number of pyridine rings is 1. The Morgan fingerprint density at radius 2 is 2.40 bits per heavy atom. The molecule has 1 nitrogen and oxygen atoms in total. The molecule has 0 aliphatic heterocycles. The van der Waals surface area contributed by atoms with Gasteiger partial charge in [-0.3, -0.25) is 0 Å². The molecule has 54 valence electrons. The zero-order valence-electron chi connectivity index (χ0n) is 5.27. The van der Waals surface area contributed by atoms with E-state index in [-0.39, 0.29) is 0 Å². The van der Waals surface area contributed by atoms with Crippen molar-refractivity contribution in [3.05, 3.63) is 21.8 Å². The van der Waals surface area contributed by atoms with Gasteiger partial charge in [-0.15, -0.1) is 11.8 Å². The van der Waals surface area contributed by atoms with E-state index < -0.39 is 0 Å². The lowest BCUT2D eigenvalue weighted by Crippen LogP contribution is -1.78. The Hall–Kier alpha value is 0.270. The summed E-state index contributed by atoms with van der Waals surface area (Å²) in [4.78, 5) is 4.06. The number of rotatable bonds is 1. The van der Waals surface area contributed by atoms with Crippen LogP contribution in [0.15, 0.2) is 21.8 Å². The molecule has 0 aliphatic carbocycles. The Bertz CT molecular complexity index is 241. The third-order valence-electron chi connectivity index (χ3n) is 0.993. The Morgan fingerprint density at radius 1 is 1.70 bits per heavy atom.